The number of benzene rings is 2. The van der Waals surface area contributed by atoms with E-state index in [9.17, 15) is 0 Å². The third kappa shape index (κ3) is 1.87. The minimum Gasteiger partial charge on any atom is -0.135 e. The maximum absolute atomic E-state index is 2.21. The van der Waals surface area contributed by atoms with Gasteiger partial charge in [-0.05, 0) is 24.6 Å². The summed E-state index contributed by atoms with van der Waals surface area (Å²) in [5.41, 5.74) is 2.65. The third-order valence-electron chi connectivity index (χ3n) is 3.00. The van der Waals surface area contributed by atoms with Gasteiger partial charge in [-0.1, -0.05) is 54.6 Å². The summed E-state index contributed by atoms with van der Waals surface area (Å²) in [6, 6.07) is 19.2. The van der Waals surface area contributed by atoms with Crippen molar-refractivity contribution in [2.45, 2.75) is 6.92 Å². The molecule has 3 aromatic rings. The Morgan fingerprint density at radius 3 is 2.39 bits per heavy atom. The summed E-state index contributed by atoms with van der Waals surface area (Å²) < 4.78 is 1.35. The minimum absolute atomic E-state index is 1.29. The van der Waals surface area contributed by atoms with E-state index in [1.807, 2.05) is 11.3 Å². The van der Waals surface area contributed by atoms with Crippen molar-refractivity contribution in [3.05, 3.63) is 65.6 Å². The lowest BCUT2D eigenvalue weighted by atomic mass is 10.0. The number of hydrogen-bond acceptors (Lipinski definition) is 1. The van der Waals surface area contributed by atoms with Crippen LogP contribution in [0.2, 0.25) is 0 Å². The fraction of sp³-hybridized carbons (Fsp3) is 0.0588. The van der Waals surface area contributed by atoms with Crippen molar-refractivity contribution < 1.29 is 0 Å². The summed E-state index contributed by atoms with van der Waals surface area (Å²) in [4.78, 5) is 1.34. The van der Waals surface area contributed by atoms with E-state index in [0.717, 1.165) is 0 Å². The molecule has 0 bridgehead atoms. The Hall–Kier alpha value is -1.86. The Labute approximate surface area is 111 Å². The van der Waals surface area contributed by atoms with Crippen molar-refractivity contribution in [2.75, 3.05) is 0 Å². The first-order valence-corrected chi connectivity index (χ1v) is 6.91. The van der Waals surface area contributed by atoms with Crippen LogP contribution < -0.4 is 0 Å². The summed E-state index contributed by atoms with van der Waals surface area (Å²) in [6.07, 6.45) is 4.31. The van der Waals surface area contributed by atoms with E-state index in [2.05, 4.69) is 73.7 Å². The van der Waals surface area contributed by atoms with Crippen LogP contribution in [0.5, 0.6) is 0 Å². The van der Waals surface area contributed by atoms with Gasteiger partial charge in [0.15, 0.2) is 0 Å². The molecule has 1 heteroatoms. The van der Waals surface area contributed by atoms with Crippen LogP contribution >= 0.6 is 11.3 Å². The Bertz CT molecular complexity index is 690. The molecule has 0 aliphatic heterocycles. The Morgan fingerprint density at radius 1 is 0.889 bits per heavy atom. The largest absolute Gasteiger partial charge is 0.135 e. The van der Waals surface area contributed by atoms with Gasteiger partial charge in [0.1, 0.15) is 0 Å². The zero-order valence-corrected chi connectivity index (χ0v) is 11.1. The van der Waals surface area contributed by atoms with Gasteiger partial charge in [-0.15, -0.1) is 11.3 Å². The fourth-order valence-corrected chi connectivity index (χ4v) is 3.43. The maximum Gasteiger partial charge on any atom is 0.0358 e. The average Bonchev–Trinajstić information content (AvgIpc) is 2.78. The molecule has 2 aromatic carbocycles. The zero-order valence-electron chi connectivity index (χ0n) is 10.3. The highest BCUT2D eigenvalue weighted by Crippen LogP contribution is 2.39. The SMILES string of the molecule is C/C=C\c1sc2ccccc2c1-c1ccccc1. The smallest absolute Gasteiger partial charge is 0.0358 e. The molecule has 1 heterocycles. The molecule has 0 spiro atoms. The molecule has 0 N–H and O–H groups in total. The molecule has 0 radical (unpaired) electrons. The molecule has 0 atom stereocenters. The molecule has 0 aliphatic rings. The molecule has 0 aliphatic carbocycles. The van der Waals surface area contributed by atoms with Crippen LogP contribution in [0, 0.1) is 0 Å². The van der Waals surface area contributed by atoms with E-state index >= 15 is 0 Å². The molecule has 3 rings (SSSR count). The fourth-order valence-electron chi connectivity index (χ4n) is 2.24. The topological polar surface area (TPSA) is 0 Å². The van der Waals surface area contributed by atoms with E-state index < -0.39 is 0 Å². The maximum atomic E-state index is 2.21. The van der Waals surface area contributed by atoms with Gasteiger partial charge in [0.25, 0.3) is 0 Å². The van der Waals surface area contributed by atoms with Gasteiger partial charge >= 0.3 is 0 Å². The summed E-state index contributed by atoms with van der Waals surface area (Å²) in [5, 5.41) is 1.35. The van der Waals surface area contributed by atoms with Crippen molar-refractivity contribution in [3.63, 3.8) is 0 Å². The van der Waals surface area contributed by atoms with E-state index in [4.69, 9.17) is 0 Å². The van der Waals surface area contributed by atoms with Crippen molar-refractivity contribution in [1.29, 1.82) is 0 Å². The van der Waals surface area contributed by atoms with Crippen LogP contribution in [0.3, 0.4) is 0 Å². The average molecular weight is 250 g/mol. The summed E-state index contributed by atoms with van der Waals surface area (Å²) >= 11 is 1.86. The van der Waals surface area contributed by atoms with E-state index in [1.54, 1.807) is 0 Å². The predicted molar refractivity (Wildman–Crippen MR) is 82.0 cm³/mol. The standard InChI is InChI=1S/C17H14S/c1-2-8-16-17(13-9-4-3-5-10-13)14-11-6-7-12-15(14)18-16/h2-12H,1H3/b8-2-. The lowest BCUT2D eigenvalue weighted by Crippen LogP contribution is -1.77. The van der Waals surface area contributed by atoms with Crippen LogP contribution in [-0.2, 0) is 0 Å². The molecule has 88 valence electrons. The zero-order chi connectivity index (χ0) is 12.4. The first kappa shape index (κ1) is 11.2. The van der Waals surface area contributed by atoms with Gasteiger partial charge in [0.05, 0.1) is 0 Å². The first-order chi connectivity index (χ1) is 8.90. The number of rotatable bonds is 2. The molecule has 18 heavy (non-hydrogen) atoms. The Kier molecular flexibility index (Phi) is 2.99. The first-order valence-electron chi connectivity index (χ1n) is 6.10. The van der Waals surface area contributed by atoms with Gasteiger partial charge in [-0.2, -0.15) is 0 Å². The third-order valence-corrected chi connectivity index (χ3v) is 4.14. The lowest BCUT2D eigenvalue weighted by molar-refractivity contribution is 1.67. The Morgan fingerprint density at radius 2 is 1.61 bits per heavy atom. The molecule has 0 nitrogen and oxygen atoms in total. The van der Waals surface area contributed by atoms with Gasteiger partial charge in [-0.25, -0.2) is 0 Å². The quantitative estimate of drug-likeness (QED) is 0.555. The molecule has 0 amide bonds. The second-order valence-corrected chi connectivity index (χ2v) is 5.29. The molecular formula is C17H14S. The molecule has 0 saturated heterocycles. The van der Waals surface area contributed by atoms with Gasteiger partial charge in [0, 0.05) is 20.5 Å². The predicted octanol–water partition coefficient (Wildman–Crippen LogP) is 5.60. The van der Waals surface area contributed by atoms with Crippen LogP contribution in [0.1, 0.15) is 11.8 Å². The molecular weight excluding hydrogens is 236 g/mol. The van der Waals surface area contributed by atoms with E-state index in [1.165, 1.54) is 26.1 Å². The molecule has 0 unspecified atom stereocenters. The van der Waals surface area contributed by atoms with Crippen molar-refractivity contribution in [3.8, 4) is 11.1 Å². The van der Waals surface area contributed by atoms with Crippen LogP contribution in [0.4, 0.5) is 0 Å². The van der Waals surface area contributed by atoms with Crippen molar-refractivity contribution in [2.24, 2.45) is 0 Å². The highest BCUT2D eigenvalue weighted by molar-refractivity contribution is 7.20. The lowest BCUT2D eigenvalue weighted by Gasteiger charge is -2.01. The van der Waals surface area contributed by atoms with Gasteiger partial charge in [0.2, 0.25) is 0 Å². The minimum atomic E-state index is 1.29. The normalized spacial score (nSPS) is 11.4. The number of hydrogen-bond donors (Lipinski definition) is 0. The molecule has 0 fully saturated rings. The summed E-state index contributed by atoms with van der Waals surface area (Å²) in [5.74, 6) is 0. The molecule has 1 aromatic heterocycles. The number of allylic oxidation sites excluding steroid dienone is 1. The highest BCUT2D eigenvalue weighted by atomic mass is 32.1. The molecule has 0 saturated carbocycles. The van der Waals surface area contributed by atoms with Crippen molar-refractivity contribution >= 4 is 27.5 Å². The van der Waals surface area contributed by atoms with Crippen LogP contribution in [0.25, 0.3) is 27.3 Å². The second kappa shape index (κ2) is 4.79. The summed E-state index contributed by atoms with van der Waals surface area (Å²) in [6.45, 7) is 2.07. The number of fused-ring (bicyclic) bond motifs is 1. The monoisotopic (exact) mass is 250 g/mol. The van der Waals surface area contributed by atoms with Gasteiger partial charge < -0.3 is 0 Å². The van der Waals surface area contributed by atoms with Crippen LogP contribution in [-0.4, -0.2) is 0 Å². The van der Waals surface area contributed by atoms with E-state index in [0.29, 0.717) is 0 Å². The number of thiophene rings is 1. The van der Waals surface area contributed by atoms with Gasteiger partial charge in [-0.3, -0.25) is 0 Å². The second-order valence-electron chi connectivity index (χ2n) is 4.20. The Balaban J connectivity index is 2.35. The summed E-state index contributed by atoms with van der Waals surface area (Å²) in [7, 11) is 0. The van der Waals surface area contributed by atoms with Crippen LogP contribution in [0.15, 0.2) is 60.7 Å². The van der Waals surface area contributed by atoms with E-state index in [-0.39, 0.29) is 0 Å². The van der Waals surface area contributed by atoms with Crippen molar-refractivity contribution in [1.82, 2.24) is 0 Å². The highest BCUT2D eigenvalue weighted by Gasteiger charge is 2.10.